The fourth-order valence-electron chi connectivity index (χ4n) is 1.28. The summed E-state index contributed by atoms with van der Waals surface area (Å²) in [6.45, 7) is 0. The van der Waals surface area contributed by atoms with Crippen molar-refractivity contribution in [2.45, 2.75) is 25.7 Å². The Morgan fingerprint density at radius 1 is 1.36 bits per heavy atom. The molecule has 1 aliphatic carbocycles. The maximum absolute atomic E-state index is 11.1. The van der Waals surface area contributed by atoms with Gasteiger partial charge in [-0.2, -0.15) is 0 Å². The van der Waals surface area contributed by atoms with Gasteiger partial charge in [0, 0.05) is 20.2 Å². The standard InChI is InChI=1S/C9H15NO/c1-10(2)9(11)7-8-5-3-4-6-8/h7H,3-6H2,1-2H3. The molecule has 0 aromatic rings. The van der Waals surface area contributed by atoms with E-state index in [0.29, 0.717) is 0 Å². The Bertz CT molecular complexity index is 174. The molecule has 0 aliphatic heterocycles. The van der Waals surface area contributed by atoms with E-state index in [1.165, 1.54) is 18.4 Å². The van der Waals surface area contributed by atoms with Crippen LogP contribution in [0.1, 0.15) is 25.7 Å². The van der Waals surface area contributed by atoms with Gasteiger partial charge in [-0.15, -0.1) is 0 Å². The highest BCUT2D eigenvalue weighted by Crippen LogP contribution is 2.23. The number of allylic oxidation sites excluding steroid dienone is 1. The van der Waals surface area contributed by atoms with Gasteiger partial charge in [-0.25, -0.2) is 0 Å². The van der Waals surface area contributed by atoms with Gasteiger partial charge in [-0.1, -0.05) is 5.57 Å². The highest BCUT2D eigenvalue weighted by molar-refractivity contribution is 5.87. The summed E-state index contributed by atoms with van der Waals surface area (Å²) in [6.07, 6.45) is 6.55. The van der Waals surface area contributed by atoms with Crippen molar-refractivity contribution in [2.24, 2.45) is 0 Å². The van der Waals surface area contributed by atoms with Gasteiger partial charge in [-0.3, -0.25) is 4.79 Å². The van der Waals surface area contributed by atoms with E-state index in [1.54, 1.807) is 25.1 Å². The number of hydrogen-bond donors (Lipinski definition) is 0. The summed E-state index contributed by atoms with van der Waals surface area (Å²) in [7, 11) is 3.57. The van der Waals surface area contributed by atoms with Crippen LogP contribution in [-0.4, -0.2) is 24.9 Å². The van der Waals surface area contributed by atoms with E-state index < -0.39 is 0 Å². The molecule has 0 bridgehead atoms. The third-order valence-electron chi connectivity index (χ3n) is 2.01. The van der Waals surface area contributed by atoms with Crippen LogP contribution in [0.4, 0.5) is 0 Å². The molecule has 11 heavy (non-hydrogen) atoms. The third kappa shape index (κ3) is 2.37. The lowest BCUT2D eigenvalue weighted by atomic mass is 10.2. The van der Waals surface area contributed by atoms with E-state index in [-0.39, 0.29) is 5.91 Å². The molecule has 1 rings (SSSR count). The molecule has 0 aromatic heterocycles. The van der Waals surface area contributed by atoms with Crippen LogP contribution < -0.4 is 0 Å². The molecule has 0 aromatic carbocycles. The Kier molecular flexibility index (Phi) is 2.69. The van der Waals surface area contributed by atoms with Crippen LogP contribution in [0.25, 0.3) is 0 Å². The lowest BCUT2D eigenvalue weighted by Gasteiger charge is -2.06. The summed E-state index contributed by atoms with van der Waals surface area (Å²) in [5.41, 5.74) is 1.32. The van der Waals surface area contributed by atoms with Crippen molar-refractivity contribution in [3.8, 4) is 0 Å². The van der Waals surface area contributed by atoms with E-state index in [2.05, 4.69) is 0 Å². The largest absolute Gasteiger partial charge is 0.345 e. The summed E-state index contributed by atoms with van der Waals surface area (Å²) in [6, 6.07) is 0. The topological polar surface area (TPSA) is 20.3 Å². The minimum absolute atomic E-state index is 0.127. The summed E-state index contributed by atoms with van der Waals surface area (Å²) in [5.74, 6) is 0.127. The molecule has 0 atom stereocenters. The normalized spacial score (nSPS) is 16.7. The van der Waals surface area contributed by atoms with Crippen molar-refractivity contribution < 1.29 is 4.79 Å². The smallest absolute Gasteiger partial charge is 0.245 e. The Hall–Kier alpha value is -0.790. The van der Waals surface area contributed by atoms with Crippen LogP contribution in [0.5, 0.6) is 0 Å². The van der Waals surface area contributed by atoms with Crippen LogP contribution in [0.2, 0.25) is 0 Å². The van der Waals surface area contributed by atoms with Crippen LogP contribution in [0, 0.1) is 0 Å². The first-order valence-electron chi connectivity index (χ1n) is 4.11. The molecule has 1 fully saturated rings. The van der Waals surface area contributed by atoms with E-state index >= 15 is 0 Å². The van der Waals surface area contributed by atoms with Crippen molar-refractivity contribution >= 4 is 5.91 Å². The molecule has 2 nitrogen and oxygen atoms in total. The average molecular weight is 153 g/mol. The van der Waals surface area contributed by atoms with Crippen LogP contribution in [-0.2, 0) is 4.79 Å². The first kappa shape index (κ1) is 8.31. The zero-order chi connectivity index (χ0) is 8.27. The first-order valence-corrected chi connectivity index (χ1v) is 4.11. The number of likely N-dealkylation sites (N-methyl/N-ethyl adjacent to an activating group) is 1. The molecular weight excluding hydrogens is 138 g/mol. The minimum Gasteiger partial charge on any atom is -0.345 e. The highest BCUT2D eigenvalue weighted by atomic mass is 16.2. The van der Waals surface area contributed by atoms with E-state index in [4.69, 9.17) is 0 Å². The molecule has 62 valence electrons. The Labute approximate surface area is 67.9 Å². The molecule has 1 aliphatic rings. The maximum Gasteiger partial charge on any atom is 0.245 e. The van der Waals surface area contributed by atoms with E-state index in [0.717, 1.165) is 12.8 Å². The Balaban J connectivity index is 2.50. The fraction of sp³-hybridized carbons (Fsp3) is 0.667. The third-order valence-corrected chi connectivity index (χ3v) is 2.01. The average Bonchev–Trinajstić information content (AvgIpc) is 2.39. The van der Waals surface area contributed by atoms with Gasteiger partial charge in [-0.05, 0) is 25.7 Å². The van der Waals surface area contributed by atoms with Gasteiger partial charge in [0.25, 0.3) is 0 Å². The first-order chi connectivity index (χ1) is 5.20. The number of carbonyl (C=O) groups is 1. The molecule has 1 saturated carbocycles. The second-order valence-corrected chi connectivity index (χ2v) is 3.24. The lowest BCUT2D eigenvalue weighted by molar-refractivity contribution is -0.123. The summed E-state index contributed by atoms with van der Waals surface area (Å²) < 4.78 is 0. The van der Waals surface area contributed by atoms with E-state index in [9.17, 15) is 4.79 Å². The van der Waals surface area contributed by atoms with Crippen LogP contribution in [0.3, 0.4) is 0 Å². The second-order valence-electron chi connectivity index (χ2n) is 3.24. The predicted molar refractivity (Wildman–Crippen MR) is 45.2 cm³/mol. The quantitative estimate of drug-likeness (QED) is 0.524. The summed E-state index contributed by atoms with van der Waals surface area (Å²) in [5, 5.41) is 0. The Morgan fingerprint density at radius 3 is 2.36 bits per heavy atom. The molecule has 0 spiro atoms. The number of amides is 1. The molecule has 0 unspecified atom stereocenters. The van der Waals surface area contributed by atoms with Crippen molar-refractivity contribution in [1.29, 1.82) is 0 Å². The van der Waals surface area contributed by atoms with Crippen molar-refractivity contribution in [2.75, 3.05) is 14.1 Å². The van der Waals surface area contributed by atoms with Gasteiger partial charge in [0.2, 0.25) is 5.91 Å². The zero-order valence-corrected chi connectivity index (χ0v) is 7.26. The van der Waals surface area contributed by atoms with Crippen molar-refractivity contribution in [3.63, 3.8) is 0 Å². The van der Waals surface area contributed by atoms with Gasteiger partial charge >= 0.3 is 0 Å². The van der Waals surface area contributed by atoms with Crippen LogP contribution in [0.15, 0.2) is 11.6 Å². The molecule has 0 radical (unpaired) electrons. The second kappa shape index (κ2) is 3.56. The van der Waals surface area contributed by atoms with Gasteiger partial charge in [0.1, 0.15) is 0 Å². The van der Waals surface area contributed by atoms with Gasteiger partial charge in [0.05, 0.1) is 0 Å². The van der Waals surface area contributed by atoms with E-state index in [1.807, 2.05) is 0 Å². The summed E-state index contributed by atoms with van der Waals surface area (Å²) in [4.78, 5) is 12.8. The van der Waals surface area contributed by atoms with Gasteiger partial charge in [0.15, 0.2) is 0 Å². The van der Waals surface area contributed by atoms with Crippen LogP contribution >= 0.6 is 0 Å². The summed E-state index contributed by atoms with van der Waals surface area (Å²) >= 11 is 0. The molecule has 1 amide bonds. The molecule has 0 heterocycles. The molecular formula is C9H15NO. The number of carbonyl (C=O) groups excluding carboxylic acids is 1. The van der Waals surface area contributed by atoms with Gasteiger partial charge < -0.3 is 4.90 Å². The number of rotatable bonds is 1. The zero-order valence-electron chi connectivity index (χ0n) is 7.26. The van der Waals surface area contributed by atoms with Crippen molar-refractivity contribution in [1.82, 2.24) is 4.90 Å². The SMILES string of the molecule is CN(C)C(=O)C=C1CCCC1. The highest BCUT2D eigenvalue weighted by Gasteiger charge is 2.08. The molecule has 2 heteroatoms. The lowest BCUT2D eigenvalue weighted by Crippen LogP contribution is -2.19. The number of nitrogens with zero attached hydrogens (tertiary/aromatic N) is 1. The minimum atomic E-state index is 0.127. The predicted octanol–water partition coefficient (Wildman–Crippen LogP) is 1.57. The van der Waals surface area contributed by atoms with Crippen molar-refractivity contribution in [3.05, 3.63) is 11.6 Å². The fourth-order valence-corrected chi connectivity index (χ4v) is 1.28. The Morgan fingerprint density at radius 2 is 1.91 bits per heavy atom. The molecule has 0 N–H and O–H groups in total. The maximum atomic E-state index is 11.1. The number of hydrogen-bond acceptors (Lipinski definition) is 1. The molecule has 0 saturated heterocycles. The monoisotopic (exact) mass is 153 g/mol.